The Balaban J connectivity index is 1.66. The first-order valence-corrected chi connectivity index (χ1v) is 6.85. The average Bonchev–Trinajstić information content (AvgIpc) is 3.27. The molecular formula is C16H11N3O5. The Hall–Kier alpha value is -3.68. The molecule has 3 rings (SSSR count). The van der Waals surface area contributed by atoms with E-state index in [-0.39, 0.29) is 11.4 Å². The summed E-state index contributed by atoms with van der Waals surface area (Å²) in [5.41, 5.74) is 3.01. The topological polar surface area (TPSA) is 111 Å². The summed E-state index contributed by atoms with van der Waals surface area (Å²) >= 11 is 0. The van der Waals surface area contributed by atoms with Crippen LogP contribution >= 0.6 is 0 Å². The Morgan fingerprint density at radius 1 is 1.17 bits per heavy atom. The van der Waals surface area contributed by atoms with Gasteiger partial charge in [0.05, 0.1) is 17.4 Å². The van der Waals surface area contributed by atoms with E-state index in [0.717, 1.165) is 0 Å². The SMILES string of the molecule is O=C(N/N=C\c1ccc(-c2ccc([N+](=O)[O-])cc2)o1)c1ccco1. The van der Waals surface area contributed by atoms with Gasteiger partial charge in [-0.2, -0.15) is 5.10 Å². The summed E-state index contributed by atoms with van der Waals surface area (Å²) in [7, 11) is 0. The van der Waals surface area contributed by atoms with Crippen LogP contribution in [-0.4, -0.2) is 17.0 Å². The van der Waals surface area contributed by atoms with Crippen LogP contribution in [-0.2, 0) is 0 Å². The van der Waals surface area contributed by atoms with E-state index in [9.17, 15) is 14.9 Å². The molecule has 0 bridgehead atoms. The third-order valence-corrected chi connectivity index (χ3v) is 3.09. The summed E-state index contributed by atoms with van der Waals surface area (Å²) < 4.78 is 10.5. The van der Waals surface area contributed by atoms with Crippen LogP contribution in [0.5, 0.6) is 0 Å². The molecule has 0 spiro atoms. The van der Waals surface area contributed by atoms with E-state index >= 15 is 0 Å². The van der Waals surface area contributed by atoms with E-state index in [2.05, 4.69) is 10.5 Å². The van der Waals surface area contributed by atoms with E-state index in [1.165, 1.54) is 30.7 Å². The lowest BCUT2D eigenvalue weighted by Crippen LogP contribution is -2.16. The number of nitro groups is 1. The van der Waals surface area contributed by atoms with Gasteiger partial charge in [-0.3, -0.25) is 14.9 Å². The van der Waals surface area contributed by atoms with Crippen molar-refractivity contribution in [3.8, 4) is 11.3 Å². The second-order valence-electron chi connectivity index (χ2n) is 4.68. The molecule has 8 heteroatoms. The minimum absolute atomic E-state index is 0.00716. The zero-order chi connectivity index (χ0) is 16.9. The maximum absolute atomic E-state index is 11.6. The Morgan fingerprint density at radius 2 is 1.96 bits per heavy atom. The van der Waals surface area contributed by atoms with Crippen LogP contribution in [0.4, 0.5) is 5.69 Å². The lowest BCUT2D eigenvalue weighted by molar-refractivity contribution is -0.384. The molecule has 0 saturated heterocycles. The minimum Gasteiger partial charge on any atom is -0.459 e. The number of benzene rings is 1. The molecule has 0 aliphatic carbocycles. The van der Waals surface area contributed by atoms with Crippen LogP contribution in [0, 0.1) is 10.1 Å². The molecule has 2 aromatic heterocycles. The van der Waals surface area contributed by atoms with Gasteiger partial charge >= 0.3 is 5.91 Å². The lowest BCUT2D eigenvalue weighted by atomic mass is 10.1. The van der Waals surface area contributed by atoms with Gasteiger partial charge < -0.3 is 8.83 Å². The summed E-state index contributed by atoms with van der Waals surface area (Å²) in [5.74, 6) is 0.628. The predicted molar refractivity (Wildman–Crippen MR) is 84.6 cm³/mol. The first-order chi connectivity index (χ1) is 11.6. The number of nitrogens with one attached hydrogen (secondary N) is 1. The molecule has 0 unspecified atom stereocenters. The van der Waals surface area contributed by atoms with Gasteiger partial charge in [0.15, 0.2) is 5.76 Å². The Morgan fingerprint density at radius 3 is 2.62 bits per heavy atom. The quantitative estimate of drug-likeness (QED) is 0.440. The standard InChI is InChI=1S/C16H11N3O5/c20-16(15-2-1-9-23-15)18-17-10-13-7-8-14(24-13)11-3-5-12(6-4-11)19(21)22/h1-10H,(H,18,20)/b17-10-. The number of nitro benzene ring substituents is 1. The molecule has 0 fully saturated rings. The molecule has 0 radical (unpaired) electrons. The molecule has 120 valence electrons. The van der Waals surface area contributed by atoms with Crippen molar-refractivity contribution in [2.24, 2.45) is 5.10 Å². The highest BCUT2D eigenvalue weighted by molar-refractivity contribution is 5.92. The minimum atomic E-state index is -0.474. The van der Waals surface area contributed by atoms with Crippen LogP contribution in [0.3, 0.4) is 0 Å². The number of carbonyl (C=O) groups excluding carboxylic acids is 1. The zero-order valence-corrected chi connectivity index (χ0v) is 12.2. The first kappa shape index (κ1) is 15.2. The number of nitrogens with zero attached hydrogens (tertiary/aromatic N) is 2. The van der Waals surface area contributed by atoms with Crippen molar-refractivity contribution in [1.29, 1.82) is 0 Å². The normalized spacial score (nSPS) is 10.8. The fourth-order valence-electron chi connectivity index (χ4n) is 1.94. The van der Waals surface area contributed by atoms with E-state index in [4.69, 9.17) is 8.83 Å². The van der Waals surface area contributed by atoms with Crippen molar-refractivity contribution in [2.75, 3.05) is 0 Å². The number of carbonyl (C=O) groups is 1. The van der Waals surface area contributed by atoms with Crippen molar-refractivity contribution < 1.29 is 18.6 Å². The molecule has 2 heterocycles. The molecular weight excluding hydrogens is 314 g/mol. The summed E-state index contributed by atoms with van der Waals surface area (Å²) in [4.78, 5) is 21.8. The second kappa shape index (κ2) is 6.61. The summed E-state index contributed by atoms with van der Waals surface area (Å²) in [6.45, 7) is 0. The van der Waals surface area contributed by atoms with Crippen LogP contribution in [0.2, 0.25) is 0 Å². The third kappa shape index (κ3) is 3.38. The van der Waals surface area contributed by atoms with Crippen LogP contribution in [0.25, 0.3) is 11.3 Å². The summed E-state index contributed by atoms with van der Waals surface area (Å²) in [5, 5.41) is 14.4. The fraction of sp³-hybridized carbons (Fsp3) is 0. The van der Waals surface area contributed by atoms with E-state index < -0.39 is 10.8 Å². The van der Waals surface area contributed by atoms with Gasteiger partial charge in [-0.05, 0) is 36.4 Å². The second-order valence-corrected chi connectivity index (χ2v) is 4.68. The van der Waals surface area contributed by atoms with Gasteiger partial charge in [0.25, 0.3) is 5.69 Å². The van der Waals surface area contributed by atoms with Gasteiger partial charge in [-0.1, -0.05) is 0 Å². The molecule has 0 aliphatic rings. The maximum atomic E-state index is 11.6. The number of hydrogen-bond donors (Lipinski definition) is 1. The number of non-ortho nitro benzene ring substituents is 1. The summed E-state index contributed by atoms with van der Waals surface area (Å²) in [6, 6.07) is 12.5. The highest BCUT2D eigenvalue weighted by Gasteiger charge is 2.08. The summed E-state index contributed by atoms with van der Waals surface area (Å²) in [6.07, 6.45) is 2.73. The van der Waals surface area contributed by atoms with Crippen LogP contribution in [0.1, 0.15) is 16.3 Å². The smallest absolute Gasteiger partial charge is 0.307 e. The van der Waals surface area contributed by atoms with Gasteiger partial charge in [-0.25, -0.2) is 5.43 Å². The van der Waals surface area contributed by atoms with Crippen molar-refractivity contribution >= 4 is 17.8 Å². The predicted octanol–water partition coefficient (Wildman–Crippen LogP) is 3.21. The highest BCUT2D eigenvalue weighted by Crippen LogP contribution is 2.23. The molecule has 1 aromatic carbocycles. The van der Waals surface area contributed by atoms with Crippen molar-refractivity contribution in [3.05, 3.63) is 76.4 Å². The van der Waals surface area contributed by atoms with Gasteiger partial charge in [0, 0.05) is 17.7 Å². The fourth-order valence-corrected chi connectivity index (χ4v) is 1.94. The lowest BCUT2D eigenvalue weighted by Gasteiger charge is -1.96. The Labute approximate surface area is 135 Å². The van der Waals surface area contributed by atoms with E-state index in [1.54, 1.807) is 30.3 Å². The van der Waals surface area contributed by atoms with Crippen LogP contribution in [0.15, 0.2) is 68.7 Å². The average molecular weight is 325 g/mol. The van der Waals surface area contributed by atoms with E-state index in [0.29, 0.717) is 17.1 Å². The number of furan rings is 2. The molecule has 1 amide bonds. The zero-order valence-electron chi connectivity index (χ0n) is 12.2. The van der Waals surface area contributed by atoms with Gasteiger partial charge in [0.2, 0.25) is 0 Å². The Kier molecular flexibility index (Phi) is 4.19. The molecule has 1 N–H and O–H groups in total. The molecule has 0 saturated carbocycles. The number of hydrogen-bond acceptors (Lipinski definition) is 6. The van der Waals surface area contributed by atoms with Crippen molar-refractivity contribution in [1.82, 2.24) is 5.43 Å². The molecule has 24 heavy (non-hydrogen) atoms. The van der Waals surface area contributed by atoms with Gasteiger partial charge in [0.1, 0.15) is 11.5 Å². The number of rotatable bonds is 5. The van der Waals surface area contributed by atoms with Crippen molar-refractivity contribution in [2.45, 2.75) is 0 Å². The van der Waals surface area contributed by atoms with E-state index in [1.807, 2.05) is 0 Å². The highest BCUT2D eigenvalue weighted by atomic mass is 16.6. The van der Waals surface area contributed by atoms with Gasteiger partial charge in [-0.15, -0.1) is 0 Å². The Bertz CT molecular complexity index is 879. The van der Waals surface area contributed by atoms with Crippen molar-refractivity contribution in [3.63, 3.8) is 0 Å². The maximum Gasteiger partial charge on any atom is 0.307 e. The number of hydrazone groups is 1. The van der Waals surface area contributed by atoms with Crippen LogP contribution < -0.4 is 5.43 Å². The molecule has 0 atom stereocenters. The third-order valence-electron chi connectivity index (χ3n) is 3.09. The first-order valence-electron chi connectivity index (χ1n) is 6.85. The molecule has 8 nitrogen and oxygen atoms in total. The largest absolute Gasteiger partial charge is 0.459 e. The molecule has 0 aliphatic heterocycles. The monoisotopic (exact) mass is 325 g/mol. The number of amides is 1. The molecule has 3 aromatic rings.